The van der Waals surface area contributed by atoms with Crippen LogP contribution in [0.4, 0.5) is 11.6 Å². The van der Waals surface area contributed by atoms with Gasteiger partial charge in [0.15, 0.2) is 0 Å². The molecule has 1 N–H and O–H groups in total. The van der Waals surface area contributed by atoms with Crippen molar-refractivity contribution in [3.05, 3.63) is 82.6 Å². The molecule has 0 saturated heterocycles. The van der Waals surface area contributed by atoms with Crippen molar-refractivity contribution in [1.29, 1.82) is 0 Å². The maximum Gasteiger partial charge on any atom is 0.134 e. The second-order valence-electron chi connectivity index (χ2n) is 6.19. The third kappa shape index (κ3) is 3.74. The molecule has 0 aliphatic carbocycles. The smallest absolute Gasteiger partial charge is 0.134 e. The summed E-state index contributed by atoms with van der Waals surface area (Å²) in [5, 5.41) is 4.18. The Kier molecular flexibility index (Phi) is 4.53. The van der Waals surface area contributed by atoms with Gasteiger partial charge in [0.1, 0.15) is 18.0 Å². The minimum atomic E-state index is 0.749. The van der Waals surface area contributed by atoms with Crippen molar-refractivity contribution in [2.24, 2.45) is 0 Å². The van der Waals surface area contributed by atoms with Crippen LogP contribution >= 0.6 is 11.6 Å². The lowest BCUT2D eigenvalue weighted by molar-refractivity contribution is 0.719. The van der Waals surface area contributed by atoms with Crippen LogP contribution in [0.5, 0.6) is 0 Å². The summed E-state index contributed by atoms with van der Waals surface area (Å²) in [6, 6.07) is 18.5. The van der Waals surface area contributed by atoms with E-state index in [4.69, 9.17) is 11.6 Å². The van der Waals surface area contributed by atoms with Gasteiger partial charge in [-0.05, 0) is 35.2 Å². The van der Waals surface area contributed by atoms with Crippen LogP contribution in [0.3, 0.4) is 0 Å². The Bertz CT molecular complexity index is 867. The molecule has 0 atom stereocenters. The summed E-state index contributed by atoms with van der Waals surface area (Å²) >= 11 is 6.09. The van der Waals surface area contributed by atoms with Gasteiger partial charge in [-0.2, -0.15) is 0 Å². The van der Waals surface area contributed by atoms with E-state index in [0.29, 0.717) is 0 Å². The summed E-state index contributed by atoms with van der Waals surface area (Å²) in [6.45, 7) is 2.53. The standard InChI is InChI=1S/C20H19ClN4/c21-18-7-6-17-13-25(9-8-16(17)10-18)20-11-19(23-14-24-20)22-12-15-4-2-1-3-5-15/h1-7,10-11,14H,8-9,12-13H2,(H,22,23,24). The average Bonchev–Trinajstić information content (AvgIpc) is 2.67. The zero-order valence-electron chi connectivity index (χ0n) is 13.8. The van der Waals surface area contributed by atoms with E-state index < -0.39 is 0 Å². The van der Waals surface area contributed by atoms with E-state index in [9.17, 15) is 0 Å². The molecule has 2 aromatic carbocycles. The average molecular weight is 351 g/mol. The van der Waals surface area contributed by atoms with E-state index in [1.165, 1.54) is 16.7 Å². The van der Waals surface area contributed by atoms with Crippen molar-refractivity contribution in [3.63, 3.8) is 0 Å². The number of rotatable bonds is 4. The first kappa shape index (κ1) is 15.9. The normalized spacial score (nSPS) is 13.4. The summed E-state index contributed by atoms with van der Waals surface area (Å²) in [7, 11) is 0. The molecule has 1 aliphatic heterocycles. The number of nitrogens with zero attached hydrogens (tertiary/aromatic N) is 3. The second-order valence-corrected chi connectivity index (χ2v) is 6.62. The van der Waals surface area contributed by atoms with Crippen LogP contribution in [-0.2, 0) is 19.5 Å². The van der Waals surface area contributed by atoms with Crippen LogP contribution in [0.2, 0.25) is 5.02 Å². The zero-order valence-corrected chi connectivity index (χ0v) is 14.6. The van der Waals surface area contributed by atoms with Gasteiger partial charge in [-0.25, -0.2) is 9.97 Å². The first-order chi connectivity index (χ1) is 12.3. The van der Waals surface area contributed by atoms with Gasteiger partial charge in [0, 0.05) is 30.7 Å². The molecule has 0 saturated carbocycles. The third-order valence-corrected chi connectivity index (χ3v) is 4.71. The van der Waals surface area contributed by atoms with Gasteiger partial charge in [0.25, 0.3) is 0 Å². The Morgan fingerprint density at radius 2 is 1.88 bits per heavy atom. The minimum Gasteiger partial charge on any atom is -0.366 e. The molecule has 0 amide bonds. The highest BCUT2D eigenvalue weighted by atomic mass is 35.5. The molecule has 5 heteroatoms. The van der Waals surface area contributed by atoms with Crippen molar-refractivity contribution >= 4 is 23.2 Å². The first-order valence-electron chi connectivity index (χ1n) is 8.40. The fraction of sp³-hybridized carbons (Fsp3) is 0.200. The minimum absolute atomic E-state index is 0.749. The molecule has 0 bridgehead atoms. The van der Waals surface area contributed by atoms with E-state index in [2.05, 4.69) is 44.5 Å². The molecular weight excluding hydrogens is 332 g/mol. The SMILES string of the molecule is Clc1ccc2c(c1)CCN(c1cc(NCc3ccccc3)ncn1)C2. The number of anilines is 2. The van der Waals surface area contributed by atoms with Gasteiger partial charge < -0.3 is 10.2 Å². The fourth-order valence-electron chi connectivity index (χ4n) is 3.12. The monoisotopic (exact) mass is 350 g/mol. The summed E-state index contributed by atoms with van der Waals surface area (Å²) in [4.78, 5) is 11.1. The molecule has 3 aromatic rings. The largest absolute Gasteiger partial charge is 0.366 e. The molecule has 2 heterocycles. The number of hydrogen-bond acceptors (Lipinski definition) is 4. The molecule has 0 fully saturated rings. The van der Waals surface area contributed by atoms with Crippen LogP contribution in [0.25, 0.3) is 0 Å². The molecule has 1 aromatic heterocycles. The number of halogens is 1. The van der Waals surface area contributed by atoms with Gasteiger partial charge in [0.05, 0.1) is 0 Å². The summed E-state index contributed by atoms with van der Waals surface area (Å²) in [5.74, 6) is 1.79. The number of fused-ring (bicyclic) bond motifs is 1. The molecule has 4 rings (SSSR count). The quantitative estimate of drug-likeness (QED) is 0.761. The van der Waals surface area contributed by atoms with Crippen molar-refractivity contribution < 1.29 is 0 Å². The van der Waals surface area contributed by atoms with Gasteiger partial charge in [-0.15, -0.1) is 0 Å². The molecule has 0 unspecified atom stereocenters. The van der Waals surface area contributed by atoms with E-state index >= 15 is 0 Å². The van der Waals surface area contributed by atoms with Crippen LogP contribution < -0.4 is 10.2 Å². The number of benzene rings is 2. The van der Waals surface area contributed by atoms with Gasteiger partial charge in [0.2, 0.25) is 0 Å². The van der Waals surface area contributed by atoms with Gasteiger partial charge in [-0.1, -0.05) is 48.0 Å². The van der Waals surface area contributed by atoms with Crippen molar-refractivity contribution in [3.8, 4) is 0 Å². The van der Waals surface area contributed by atoms with E-state index in [1.807, 2.05) is 30.3 Å². The first-order valence-corrected chi connectivity index (χ1v) is 8.78. The van der Waals surface area contributed by atoms with Crippen LogP contribution in [0, 0.1) is 0 Å². The zero-order chi connectivity index (χ0) is 17.1. The molecule has 126 valence electrons. The summed E-state index contributed by atoms with van der Waals surface area (Å²) in [5.41, 5.74) is 3.87. The van der Waals surface area contributed by atoms with Crippen LogP contribution in [-0.4, -0.2) is 16.5 Å². The highest BCUT2D eigenvalue weighted by molar-refractivity contribution is 6.30. The van der Waals surface area contributed by atoms with Crippen LogP contribution in [0.1, 0.15) is 16.7 Å². The fourth-order valence-corrected chi connectivity index (χ4v) is 3.32. The van der Waals surface area contributed by atoms with Crippen LogP contribution in [0.15, 0.2) is 60.9 Å². The maximum atomic E-state index is 6.09. The molecule has 25 heavy (non-hydrogen) atoms. The number of nitrogens with one attached hydrogen (secondary N) is 1. The molecule has 1 aliphatic rings. The lowest BCUT2D eigenvalue weighted by Gasteiger charge is -2.30. The third-order valence-electron chi connectivity index (χ3n) is 4.47. The van der Waals surface area contributed by atoms with Crippen molar-refractivity contribution in [2.75, 3.05) is 16.8 Å². The lowest BCUT2D eigenvalue weighted by Crippen LogP contribution is -2.31. The Hall–Kier alpha value is -2.59. The topological polar surface area (TPSA) is 41.0 Å². The van der Waals surface area contributed by atoms with Gasteiger partial charge in [-0.3, -0.25) is 0 Å². The number of hydrogen-bond donors (Lipinski definition) is 1. The lowest BCUT2D eigenvalue weighted by atomic mass is 10.00. The van der Waals surface area contributed by atoms with E-state index in [1.54, 1.807) is 6.33 Å². The Balaban J connectivity index is 1.47. The summed E-state index contributed by atoms with van der Waals surface area (Å²) in [6.07, 6.45) is 2.60. The van der Waals surface area contributed by atoms with Crippen molar-refractivity contribution in [2.45, 2.75) is 19.5 Å². The molecular formula is C20H19ClN4. The molecule has 0 radical (unpaired) electrons. The van der Waals surface area contributed by atoms with E-state index in [-0.39, 0.29) is 0 Å². The second kappa shape index (κ2) is 7.11. The molecule has 4 nitrogen and oxygen atoms in total. The Morgan fingerprint density at radius 1 is 1.00 bits per heavy atom. The highest BCUT2D eigenvalue weighted by Crippen LogP contribution is 2.26. The number of aromatic nitrogens is 2. The highest BCUT2D eigenvalue weighted by Gasteiger charge is 2.18. The Morgan fingerprint density at radius 3 is 2.76 bits per heavy atom. The van der Waals surface area contributed by atoms with Gasteiger partial charge >= 0.3 is 0 Å². The van der Waals surface area contributed by atoms with Crippen molar-refractivity contribution in [1.82, 2.24) is 9.97 Å². The summed E-state index contributed by atoms with van der Waals surface area (Å²) < 4.78 is 0. The molecule has 0 spiro atoms. The van der Waals surface area contributed by atoms with E-state index in [0.717, 1.165) is 42.7 Å². The maximum absolute atomic E-state index is 6.09. The Labute approximate surface area is 152 Å². The predicted octanol–water partition coefficient (Wildman–Crippen LogP) is 4.30. The predicted molar refractivity (Wildman–Crippen MR) is 102 cm³/mol.